The van der Waals surface area contributed by atoms with Gasteiger partial charge in [0.05, 0.1) is 6.54 Å². The van der Waals surface area contributed by atoms with Crippen LogP contribution in [0.4, 0.5) is 0 Å². The van der Waals surface area contributed by atoms with Crippen LogP contribution >= 0.6 is 11.3 Å². The lowest BCUT2D eigenvalue weighted by atomic mass is 9.85. The number of nitrogens with two attached hydrogens (primary N) is 1. The van der Waals surface area contributed by atoms with Gasteiger partial charge in [-0.15, -0.1) is 11.3 Å². The number of hydrogen-bond donors (Lipinski definition) is 1. The van der Waals surface area contributed by atoms with Crippen LogP contribution in [-0.4, -0.2) is 24.5 Å². The van der Waals surface area contributed by atoms with Gasteiger partial charge < -0.3 is 5.73 Å². The van der Waals surface area contributed by atoms with Gasteiger partial charge in [0.2, 0.25) is 0 Å². The van der Waals surface area contributed by atoms with Crippen LogP contribution in [0.3, 0.4) is 0 Å². The molecule has 0 amide bonds. The summed E-state index contributed by atoms with van der Waals surface area (Å²) < 4.78 is 0. The van der Waals surface area contributed by atoms with E-state index in [1.54, 1.807) is 0 Å². The van der Waals surface area contributed by atoms with Gasteiger partial charge in [-0.25, -0.2) is 0 Å². The van der Waals surface area contributed by atoms with Crippen LogP contribution in [-0.2, 0) is 6.54 Å². The van der Waals surface area contributed by atoms with E-state index in [0.717, 1.165) is 24.6 Å². The van der Waals surface area contributed by atoms with E-state index < -0.39 is 0 Å². The standard InChI is InChI=1S/C15H22N2S/c1-2-17(11-13-5-3-6-13)12-15-14(7-4-9-16)8-10-18-15/h8,10,13H,2-3,5-6,9,11-12,16H2,1H3. The Hall–Kier alpha value is -0.820. The van der Waals surface area contributed by atoms with Gasteiger partial charge in [-0.2, -0.15) is 0 Å². The third-order valence-corrected chi connectivity index (χ3v) is 4.53. The molecular weight excluding hydrogens is 240 g/mol. The molecule has 0 unspecified atom stereocenters. The van der Waals surface area contributed by atoms with Crippen LogP contribution in [0.25, 0.3) is 0 Å². The highest BCUT2D eigenvalue weighted by Gasteiger charge is 2.20. The zero-order chi connectivity index (χ0) is 12.8. The fraction of sp³-hybridized carbons (Fsp3) is 0.600. The molecule has 1 aliphatic rings. The monoisotopic (exact) mass is 262 g/mol. The Kier molecular flexibility index (Phi) is 5.25. The Morgan fingerprint density at radius 3 is 2.94 bits per heavy atom. The van der Waals surface area contributed by atoms with Gasteiger partial charge in [-0.05, 0) is 36.8 Å². The fourth-order valence-electron chi connectivity index (χ4n) is 2.27. The molecule has 0 atom stereocenters. The van der Waals surface area contributed by atoms with Gasteiger partial charge in [-0.1, -0.05) is 25.2 Å². The average molecular weight is 262 g/mol. The normalized spacial score (nSPS) is 15.3. The summed E-state index contributed by atoms with van der Waals surface area (Å²) in [4.78, 5) is 3.93. The molecule has 0 radical (unpaired) electrons. The molecule has 1 aliphatic carbocycles. The second-order valence-electron chi connectivity index (χ2n) is 4.89. The summed E-state index contributed by atoms with van der Waals surface area (Å²) >= 11 is 1.81. The molecule has 98 valence electrons. The Morgan fingerprint density at radius 1 is 1.50 bits per heavy atom. The van der Waals surface area contributed by atoms with E-state index in [9.17, 15) is 0 Å². The highest BCUT2D eigenvalue weighted by atomic mass is 32.1. The van der Waals surface area contributed by atoms with Crippen LogP contribution in [0.5, 0.6) is 0 Å². The summed E-state index contributed by atoms with van der Waals surface area (Å²) in [5.74, 6) is 7.06. The second kappa shape index (κ2) is 6.94. The van der Waals surface area contributed by atoms with Gasteiger partial charge in [0, 0.05) is 23.5 Å². The van der Waals surface area contributed by atoms with Gasteiger partial charge in [0.15, 0.2) is 0 Å². The van der Waals surface area contributed by atoms with E-state index in [4.69, 9.17) is 5.73 Å². The van der Waals surface area contributed by atoms with Crippen molar-refractivity contribution in [3.05, 3.63) is 21.9 Å². The molecule has 18 heavy (non-hydrogen) atoms. The van der Waals surface area contributed by atoms with Crippen molar-refractivity contribution in [2.45, 2.75) is 32.7 Å². The molecule has 2 N–H and O–H groups in total. The number of hydrogen-bond acceptors (Lipinski definition) is 3. The van der Waals surface area contributed by atoms with Crippen LogP contribution in [0.1, 0.15) is 36.6 Å². The smallest absolute Gasteiger partial charge is 0.0555 e. The van der Waals surface area contributed by atoms with E-state index in [1.807, 2.05) is 11.3 Å². The quantitative estimate of drug-likeness (QED) is 0.827. The molecule has 0 spiro atoms. The summed E-state index contributed by atoms with van der Waals surface area (Å²) in [5.41, 5.74) is 6.60. The zero-order valence-corrected chi connectivity index (χ0v) is 11.9. The summed E-state index contributed by atoms with van der Waals surface area (Å²) in [6, 6.07) is 2.11. The Labute approximate surface area is 114 Å². The first-order chi connectivity index (χ1) is 8.83. The summed E-state index contributed by atoms with van der Waals surface area (Å²) in [7, 11) is 0. The van der Waals surface area contributed by atoms with Crippen molar-refractivity contribution in [2.24, 2.45) is 11.7 Å². The largest absolute Gasteiger partial charge is 0.320 e. The lowest BCUT2D eigenvalue weighted by molar-refractivity contribution is 0.179. The lowest BCUT2D eigenvalue weighted by Gasteiger charge is -2.31. The SMILES string of the molecule is CCN(Cc1sccc1C#CCN)CC1CCC1. The molecule has 0 saturated heterocycles. The van der Waals surface area contributed by atoms with Crippen molar-refractivity contribution in [2.75, 3.05) is 19.6 Å². The van der Waals surface area contributed by atoms with Crippen LogP contribution < -0.4 is 5.73 Å². The summed E-state index contributed by atoms with van der Waals surface area (Å²) in [6.07, 6.45) is 4.26. The molecule has 2 rings (SSSR count). The molecule has 3 heteroatoms. The molecule has 0 bridgehead atoms. The minimum absolute atomic E-state index is 0.439. The van der Waals surface area contributed by atoms with E-state index in [-0.39, 0.29) is 0 Å². The van der Waals surface area contributed by atoms with Crippen molar-refractivity contribution >= 4 is 11.3 Å². The van der Waals surface area contributed by atoms with Gasteiger partial charge >= 0.3 is 0 Å². The number of thiophene rings is 1. The molecule has 1 aromatic heterocycles. The second-order valence-corrected chi connectivity index (χ2v) is 5.89. The maximum Gasteiger partial charge on any atom is 0.0555 e. The Bertz CT molecular complexity index is 423. The van der Waals surface area contributed by atoms with Crippen molar-refractivity contribution in [1.82, 2.24) is 4.90 Å². The van der Waals surface area contributed by atoms with Gasteiger partial charge in [0.1, 0.15) is 0 Å². The highest BCUT2D eigenvalue weighted by Crippen LogP contribution is 2.28. The molecule has 0 aromatic carbocycles. The van der Waals surface area contributed by atoms with Gasteiger partial charge in [-0.3, -0.25) is 4.90 Å². The Balaban J connectivity index is 1.95. The van der Waals surface area contributed by atoms with E-state index in [2.05, 4.69) is 35.1 Å². The minimum atomic E-state index is 0.439. The van der Waals surface area contributed by atoms with Gasteiger partial charge in [0.25, 0.3) is 0 Å². The lowest BCUT2D eigenvalue weighted by Crippen LogP contribution is -2.32. The maximum absolute atomic E-state index is 5.43. The van der Waals surface area contributed by atoms with Crippen molar-refractivity contribution in [3.63, 3.8) is 0 Å². The van der Waals surface area contributed by atoms with E-state index in [1.165, 1.54) is 30.7 Å². The topological polar surface area (TPSA) is 29.3 Å². The molecule has 1 heterocycles. The predicted octanol–water partition coefficient (Wildman–Crippen LogP) is 2.68. The fourth-order valence-corrected chi connectivity index (χ4v) is 3.14. The first-order valence-corrected chi connectivity index (χ1v) is 7.69. The molecule has 1 aromatic rings. The van der Waals surface area contributed by atoms with Crippen molar-refractivity contribution < 1.29 is 0 Å². The minimum Gasteiger partial charge on any atom is -0.320 e. The first kappa shape index (κ1) is 13.6. The first-order valence-electron chi connectivity index (χ1n) is 6.81. The van der Waals surface area contributed by atoms with E-state index >= 15 is 0 Å². The van der Waals surface area contributed by atoms with Crippen LogP contribution in [0.15, 0.2) is 11.4 Å². The van der Waals surface area contributed by atoms with Crippen LogP contribution in [0, 0.1) is 17.8 Å². The molecular formula is C15H22N2S. The predicted molar refractivity (Wildman–Crippen MR) is 78.5 cm³/mol. The van der Waals surface area contributed by atoms with Crippen molar-refractivity contribution in [1.29, 1.82) is 0 Å². The van der Waals surface area contributed by atoms with Crippen LogP contribution in [0.2, 0.25) is 0 Å². The highest BCUT2D eigenvalue weighted by molar-refractivity contribution is 7.10. The van der Waals surface area contributed by atoms with E-state index in [0.29, 0.717) is 6.54 Å². The molecule has 2 nitrogen and oxygen atoms in total. The molecule has 0 aliphatic heterocycles. The summed E-state index contributed by atoms with van der Waals surface area (Å²) in [5, 5.41) is 2.13. The summed E-state index contributed by atoms with van der Waals surface area (Å²) in [6.45, 7) is 6.10. The third kappa shape index (κ3) is 3.58. The number of rotatable bonds is 5. The Morgan fingerprint density at radius 2 is 2.33 bits per heavy atom. The molecule has 1 saturated carbocycles. The maximum atomic E-state index is 5.43. The zero-order valence-electron chi connectivity index (χ0n) is 11.1. The third-order valence-electron chi connectivity index (χ3n) is 3.63. The van der Waals surface area contributed by atoms with Crippen molar-refractivity contribution in [3.8, 4) is 11.8 Å². The number of nitrogens with zero attached hydrogens (tertiary/aromatic N) is 1. The molecule has 1 fully saturated rings. The average Bonchev–Trinajstić information content (AvgIpc) is 2.76.